The fourth-order valence-electron chi connectivity index (χ4n) is 12.9. The number of sulfone groups is 1. The minimum atomic E-state index is -3.80. The zero-order valence-electron chi connectivity index (χ0n) is 69.3. The van der Waals surface area contributed by atoms with Gasteiger partial charge in [-0.2, -0.15) is 0 Å². The summed E-state index contributed by atoms with van der Waals surface area (Å²) in [6.07, 6.45) is -0.609. The molecule has 0 saturated carbocycles. The van der Waals surface area contributed by atoms with Crippen LogP contribution in [0, 0.1) is 0 Å². The number of oxime groups is 3. The summed E-state index contributed by atoms with van der Waals surface area (Å²) in [7, 11) is -3.80. The third-order valence-electron chi connectivity index (χ3n) is 19.5. The molecule has 126 heavy (non-hydrogen) atoms. The molecule has 2 amide bonds. The highest BCUT2D eigenvalue weighted by molar-refractivity contribution is 7.99. The number of ether oxygens (including phenoxy) is 3. The number of benzene rings is 10. The fraction of sp³-hybridized carbons (Fsp3) is 0.140. The molecule has 1 atom stereocenters. The van der Waals surface area contributed by atoms with Crippen LogP contribution in [0.3, 0.4) is 0 Å². The van der Waals surface area contributed by atoms with Gasteiger partial charge in [0.2, 0.25) is 9.84 Å². The number of amides is 2. The van der Waals surface area contributed by atoms with Crippen molar-refractivity contribution >= 4 is 135 Å². The first-order valence-corrected chi connectivity index (χ1v) is 42.0. The summed E-state index contributed by atoms with van der Waals surface area (Å²) in [5.74, 6) is 5.21. The molecule has 1 unspecified atom stereocenters. The van der Waals surface area contributed by atoms with E-state index < -0.39 is 15.9 Å². The van der Waals surface area contributed by atoms with Gasteiger partial charge in [0.1, 0.15) is 63.6 Å². The standard InChI is InChI=1S/C23H28N4O3.C22H26N4O2.C16H14N4O3S.C16H14N4O2.C16H14N4OS/c1-3-27(4-2)15-17(28)14-25-23(29)16-9-11-18(12-10-16)30-21-13-22(24)26-20-8-6-5-7-19(20)21;1-3-26(4-2)14-13-24-22(27)16-9-11-17(12-10-16)28-20-15-21(23)25-19-8-6-5-7-18(19)20;17-15-9-14(12-3-1-2-4-13(12)19-15)24(22,23)11-7-5-10(6-8-11)16(18)20-21;2*17-15-9-14(12-3-1-2-4-13(12)19-15)22-11-7-5-10(6-8-11)16(18)20-21/h5-13,17,28H,3-4,14-15H2,1-2H3,(H2,24,26)(H,25,29);5-12,15H,3-4,13-14H2,1-2H3,(H2,23,25)(H,24,27);1-9,21H,(H2,17,19)(H2,18,20);2*1-9,21H,(H2,17,19)(H2,18,20). The van der Waals surface area contributed by atoms with Crippen molar-refractivity contribution in [2.45, 2.75) is 53.4 Å². The molecule has 0 fully saturated rings. The number of carbonyl (C=O) groups excluding carboxylic acids is 2. The summed E-state index contributed by atoms with van der Waals surface area (Å²) in [5.41, 5.74) is 52.2. The molecule has 0 spiro atoms. The van der Waals surface area contributed by atoms with Crippen molar-refractivity contribution in [2.75, 3.05) is 81.0 Å². The molecule has 15 rings (SSSR count). The Hall–Kier alpha value is -15.4. The number of anilines is 5. The SMILES string of the molecule is CCN(CC)CC(O)CNC(=O)c1ccc(Oc2cc(N)nc3ccccc23)cc1.CCN(CC)CCNC(=O)c1ccc(Oc2cc(N)nc3ccccc23)cc1.NC(=NO)c1ccc(Oc2cc(N)nc3ccccc23)cc1.NC(=NO)c1ccc(S(=O)(=O)c2cc(N)nc3ccccc23)cc1.NC(=NO)c1ccc(Sc2cc(N)nc3ccccc23)cc1. The topological polar surface area (TPSA) is 517 Å². The number of hydrogen-bond donors (Lipinski definition) is 14. The van der Waals surface area contributed by atoms with Gasteiger partial charge in [0.15, 0.2) is 17.5 Å². The maximum Gasteiger partial charge on any atom is 0.251 e. The zero-order chi connectivity index (χ0) is 89.8. The van der Waals surface area contributed by atoms with Crippen LogP contribution in [0.4, 0.5) is 29.1 Å². The molecule has 646 valence electrons. The number of nitrogen functional groups attached to an aromatic ring is 5. The van der Waals surface area contributed by atoms with E-state index >= 15 is 0 Å². The van der Waals surface area contributed by atoms with E-state index in [2.05, 4.69) is 74.7 Å². The van der Waals surface area contributed by atoms with Gasteiger partial charge in [-0.25, -0.2) is 33.3 Å². The van der Waals surface area contributed by atoms with Gasteiger partial charge in [-0.15, -0.1) is 0 Å². The maximum absolute atomic E-state index is 13.0. The Kier molecular flexibility index (Phi) is 31.8. The van der Waals surface area contributed by atoms with E-state index in [1.165, 1.54) is 30.3 Å². The molecule has 0 bridgehead atoms. The lowest BCUT2D eigenvalue weighted by molar-refractivity contribution is 0.0869. The van der Waals surface area contributed by atoms with Gasteiger partial charge < -0.3 is 101 Å². The van der Waals surface area contributed by atoms with Crippen molar-refractivity contribution in [1.29, 1.82) is 0 Å². The Labute approximate surface area is 731 Å². The van der Waals surface area contributed by atoms with E-state index in [4.69, 9.17) is 75.7 Å². The average molecular weight is 1730 g/mol. The third-order valence-corrected chi connectivity index (χ3v) is 22.4. The number of nitrogens with zero attached hydrogens (tertiary/aromatic N) is 10. The van der Waals surface area contributed by atoms with Crippen LogP contribution in [0.5, 0.6) is 34.5 Å². The van der Waals surface area contributed by atoms with E-state index in [-0.39, 0.29) is 51.5 Å². The molecule has 0 saturated heterocycles. The number of aliphatic hydroxyl groups excluding tert-OH is 1. The van der Waals surface area contributed by atoms with Crippen molar-refractivity contribution in [3.05, 3.63) is 301 Å². The number of fused-ring (bicyclic) bond motifs is 5. The quantitative estimate of drug-likeness (QED) is 0.0104. The Morgan fingerprint density at radius 1 is 0.405 bits per heavy atom. The van der Waals surface area contributed by atoms with E-state index in [0.717, 1.165) is 86.1 Å². The summed E-state index contributed by atoms with van der Waals surface area (Å²) in [5, 5.41) is 54.8. The maximum atomic E-state index is 13.0. The number of para-hydroxylation sites is 5. The van der Waals surface area contributed by atoms with E-state index in [9.17, 15) is 23.1 Å². The smallest absolute Gasteiger partial charge is 0.251 e. The van der Waals surface area contributed by atoms with Crippen molar-refractivity contribution in [2.24, 2.45) is 32.7 Å². The molecular weight excluding hydrogens is 1640 g/mol. The number of aliphatic hydroxyl groups is 1. The summed E-state index contributed by atoms with van der Waals surface area (Å²) in [6, 6.07) is 79.9. The molecule has 0 aliphatic rings. The van der Waals surface area contributed by atoms with Gasteiger partial charge >= 0.3 is 0 Å². The molecule has 0 radical (unpaired) electrons. The molecule has 0 aliphatic carbocycles. The number of nitrogens with two attached hydrogens (primary N) is 8. The number of amidine groups is 3. The molecule has 31 nitrogen and oxygen atoms in total. The van der Waals surface area contributed by atoms with Crippen LogP contribution in [-0.4, -0.2) is 152 Å². The second kappa shape index (κ2) is 43.9. The van der Waals surface area contributed by atoms with Crippen LogP contribution < -0.4 is 70.7 Å². The second-order valence-electron chi connectivity index (χ2n) is 27.9. The number of nitrogens with one attached hydrogen (secondary N) is 2. The second-order valence-corrected chi connectivity index (χ2v) is 31.0. The first kappa shape index (κ1) is 91.3. The van der Waals surface area contributed by atoms with E-state index in [1.54, 1.807) is 127 Å². The number of aromatic nitrogens is 5. The monoisotopic (exact) mass is 1730 g/mol. The van der Waals surface area contributed by atoms with Gasteiger partial charge in [-0.1, -0.05) is 140 Å². The molecule has 15 aromatic rings. The van der Waals surface area contributed by atoms with Crippen LogP contribution in [-0.2, 0) is 9.84 Å². The van der Waals surface area contributed by atoms with Crippen LogP contribution in [0.25, 0.3) is 54.5 Å². The van der Waals surface area contributed by atoms with Crippen LogP contribution in [0.2, 0.25) is 0 Å². The van der Waals surface area contributed by atoms with Gasteiger partial charge in [0.05, 0.1) is 43.5 Å². The minimum Gasteiger partial charge on any atom is -0.457 e. The Balaban J connectivity index is 0.000000154. The molecule has 5 heterocycles. The number of likely N-dealkylation sites (N-methyl/N-ethyl adjacent to an activating group) is 2. The molecule has 10 aromatic carbocycles. The molecule has 33 heteroatoms. The lowest BCUT2D eigenvalue weighted by Crippen LogP contribution is -2.40. The zero-order valence-corrected chi connectivity index (χ0v) is 70.9. The lowest BCUT2D eigenvalue weighted by atomic mass is 10.2. The first-order chi connectivity index (χ1) is 60.9. The summed E-state index contributed by atoms with van der Waals surface area (Å²) in [6.45, 7) is 14.2. The van der Waals surface area contributed by atoms with Gasteiger partial charge in [0, 0.05) is 109 Å². The Morgan fingerprint density at radius 2 is 0.722 bits per heavy atom. The average Bonchev–Trinajstić information content (AvgIpc) is 0.764. The van der Waals surface area contributed by atoms with Crippen LogP contribution in [0.1, 0.15) is 65.1 Å². The molecule has 22 N–H and O–H groups in total. The Morgan fingerprint density at radius 3 is 1.11 bits per heavy atom. The molecule has 5 aromatic heterocycles. The summed E-state index contributed by atoms with van der Waals surface area (Å²) < 4.78 is 43.8. The number of hydrogen-bond acceptors (Lipinski definition) is 27. The highest BCUT2D eigenvalue weighted by atomic mass is 32.2. The lowest BCUT2D eigenvalue weighted by Gasteiger charge is -2.22. The van der Waals surface area contributed by atoms with Crippen LogP contribution >= 0.6 is 11.8 Å². The predicted octanol–water partition coefficient (Wildman–Crippen LogP) is 14.2. The number of carbonyl (C=O) groups is 2. The van der Waals surface area contributed by atoms with E-state index in [0.29, 0.717) is 110 Å². The van der Waals surface area contributed by atoms with Crippen molar-refractivity contribution < 1.29 is 52.9 Å². The van der Waals surface area contributed by atoms with Crippen molar-refractivity contribution in [3.8, 4) is 34.5 Å². The summed E-state index contributed by atoms with van der Waals surface area (Å²) >= 11 is 1.60. The first-order valence-electron chi connectivity index (χ1n) is 39.7. The van der Waals surface area contributed by atoms with Gasteiger partial charge in [-0.05, 0) is 196 Å². The van der Waals surface area contributed by atoms with Crippen LogP contribution in [0.15, 0.2) is 308 Å². The third kappa shape index (κ3) is 24.5. The fourth-order valence-corrected chi connectivity index (χ4v) is 15.3. The van der Waals surface area contributed by atoms with Gasteiger partial charge in [-0.3, -0.25) is 9.59 Å². The summed E-state index contributed by atoms with van der Waals surface area (Å²) in [4.78, 5) is 52.6. The van der Waals surface area contributed by atoms with Gasteiger partial charge in [0.25, 0.3) is 11.8 Å². The highest BCUT2D eigenvalue weighted by Gasteiger charge is 2.23. The number of rotatable bonds is 26. The molecule has 0 aliphatic heterocycles. The Bertz CT molecular complexity index is 6330. The van der Waals surface area contributed by atoms with Crippen molar-refractivity contribution in [1.82, 2.24) is 45.4 Å². The number of pyridine rings is 5. The predicted molar refractivity (Wildman–Crippen MR) is 497 cm³/mol. The highest BCUT2D eigenvalue weighted by Crippen LogP contribution is 2.37. The van der Waals surface area contributed by atoms with E-state index in [1.807, 2.05) is 141 Å². The minimum absolute atomic E-state index is 0.0464. The molecular formula is C93H96N20O11S2. The normalized spacial score (nSPS) is 11.8. The van der Waals surface area contributed by atoms with Crippen molar-refractivity contribution in [3.63, 3.8) is 0 Å². The largest absolute Gasteiger partial charge is 0.457 e.